The average Bonchev–Trinajstić information content (AvgIpc) is 2.17. The van der Waals surface area contributed by atoms with Gasteiger partial charge in [0.05, 0.1) is 12.7 Å². The molecule has 0 N–H and O–H groups in total. The Morgan fingerprint density at radius 2 is 2.07 bits per heavy atom. The van der Waals surface area contributed by atoms with Gasteiger partial charge in [-0.3, -0.25) is 0 Å². The third-order valence-electron chi connectivity index (χ3n) is 2.07. The fourth-order valence-electron chi connectivity index (χ4n) is 1.18. The summed E-state index contributed by atoms with van der Waals surface area (Å²) < 4.78 is 5.10. The second-order valence-electron chi connectivity index (χ2n) is 3.35. The summed E-state index contributed by atoms with van der Waals surface area (Å²) in [6, 6.07) is 5.72. The molecule has 0 aliphatic rings. The van der Waals surface area contributed by atoms with E-state index in [9.17, 15) is 0 Å². The van der Waals surface area contributed by atoms with Gasteiger partial charge in [0, 0.05) is 0 Å². The Bertz CT molecular complexity index is 380. The lowest BCUT2D eigenvalue weighted by molar-refractivity contribution is 0.414. The van der Waals surface area contributed by atoms with E-state index in [-0.39, 0.29) is 0 Å². The summed E-state index contributed by atoms with van der Waals surface area (Å²) in [6.45, 7) is 4.12. The maximum absolute atomic E-state index is 8.85. The highest BCUT2D eigenvalue weighted by Crippen LogP contribution is 2.31. The van der Waals surface area contributed by atoms with Crippen molar-refractivity contribution in [2.45, 2.75) is 19.8 Å². The molecule has 0 bridgehead atoms. The van der Waals surface area contributed by atoms with Gasteiger partial charge in [0.1, 0.15) is 16.8 Å². The number of methoxy groups -OCH3 is 1. The van der Waals surface area contributed by atoms with Crippen molar-refractivity contribution in [3.8, 4) is 11.8 Å². The summed E-state index contributed by atoms with van der Waals surface area (Å²) in [5, 5.41) is 9.24. The summed E-state index contributed by atoms with van der Waals surface area (Å²) in [7, 11) is 1.55. The number of nitrogens with zero attached hydrogens (tertiary/aromatic N) is 1. The predicted octanol–water partition coefficient (Wildman–Crippen LogP) is 3.34. The average molecular weight is 210 g/mol. The molecule has 3 heteroatoms. The molecule has 0 unspecified atom stereocenters. The molecule has 0 aliphatic heterocycles. The smallest absolute Gasteiger partial charge is 0.139 e. The molecule has 0 heterocycles. The van der Waals surface area contributed by atoms with Crippen molar-refractivity contribution in [3.63, 3.8) is 0 Å². The van der Waals surface area contributed by atoms with E-state index in [1.54, 1.807) is 13.2 Å². The Hall–Kier alpha value is -1.20. The molecule has 74 valence electrons. The third-order valence-corrected chi connectivity index (χ3v) is 2.46. The van der Waals surface area contributed by atoms with Crippen LogP contribution in [0.4, 0.5) is 0 Å². The molecule has 1 aromatic carbocycles. The SMILES string of the molecule is COc1cc(C(C)C)cc(C#N)c1Cl. The second-order valence-corrected chi connectivity index (χ2v) is 3.73. The molecule has 1 aromatic rings. The predicted molar refractivity (Wildman–Crippen MR) is 56.8 cm³/mol. The van der Waals surface area contributed by atoms with Crippen molar-refractivity contribution in [3.05, 3.63) is 28.3 Å². The molecule has 0 amide bonds. The molecule has 14 heavy (non-hydrogen) atoms. The zero-order valence-electron chi connectivity index (χ0n) is 8.47. The van der Waals surface area contributed by atoms with Crippen LogP contribution in [0.15, 0.2) is 12.1 Å². The minimum absolute atomic E-state index is 0.355. The Morgan fingerprint density at radius 1 is 1.43 bits per heavy atom. The maximum atomic E-state index is 8.85. The van der Waals surface area contributed by atoms with Crippen molar-refractivity contribution >= 4 is 11.6 Å². The molecule has 0 spiro atoms. The number of nitriles is 1. The fraction of sp³-hybridized carbons (Fsp3) is 0.364. The number of hydrogen-bond acceptors (Lipinski definition) is 2. The first-order chi connectivity index (χ1) is 6.60. The van der Waals surface area contributed by atoms with Gasteiger partial charge < -0.3 is 4.74 Å². The van der Waals surface area contributed by atoms with E-state index in [1.165, 1.54) is 0 Å². The van der Waals surface area contributed by atoms with E-state index < -0.39 is 0 Å². The van der Waals surface area contributed by atoms with Crippen LogP contribution in [0.25, 0.3) is 0 Å². The van der Waals surface area contributed by atoms with Crippen molar-refractivity contribution < 1.29 is 4.74 Å². The van der Waals surface area contributed by atoms with Gasteiger partial charge in [-0.05, 0) is 23.6 Å². The summed E-state index contributed by atoms with van der Waals surface area (Å²) >= 11 is 5.94. The summed E-state index contributed by atoms with van der Waals surface area (Å²) in [5.41, 5.74) is 1.53. The molecular formula is C11H12ClNO. The summed E-state index contributed by atoms with van der Waals surface area (Å²) in [4.78, 5) is 0. The second kappa shape index (κ2) is 4.34. The molecule has 0 aromatic heterocycles. The highest BCUT2D eigenvalue weighted by atomic mass is 35.5. The van der Waals surface area contributed by atoms with Gasteiger partial charge >= 0.3 is 0 Å². The standard InChI is InChI=1S/C11H12ClNO/c1-7(2)8-4-9(6-13)11(12)10(5-8)14-3/h4-5,7H,1-3H3. The summed E-state index contributed by atoms with van der Waals surface area (Å²) in [5.74, 6) is 0.919. The number of rotatable bonds is 2. The molecule has 2 nitrogen and oxygen atoms in total. The van der Waals surface area contributed by atoms with Crippen molar-refractivity contribution in [2.75, 3.05) is 7.11 Å². The molecule has 0 saturated heterocycles. The molecule has 0 aliphatic carbocycles. The lowest BCUT2D eigenvalue weighted by atomic mass is 10.0. The van der Waals surface area contributed by atoms with Crippen LogP contribution in [0.1, 0.15) is 30.9 Å². The topological polar surface area (TPSA) is 33.0 Å². The van der Waals surface area contributed by atoms with Crippen molar-refractivity contribution in [1.29, 1.82) is 5.26 Å². The summed E-state index contributed by atoms with van der Waals surface area (Å²) in [6.07, 6.45) is 0. The van der Waals surface area contributed by atoms with Gasteiger partial charge in [0.25, 0.3) is 0 Å². The molecule has 0 fully saturated rings. The van der Waals surface area contributed by atoms with Crippen LogP contribution >= 0.6 is 11.6 Å². The van der Waals surface area contributed by atoms with E-state index in [0.29, 0.717) is 22.3 Å². The van der Waals surface area contributed by atoms with Crippen molar-refractivity contribution in [2.24, 2.45) is 0 Å². The Balaban J connectivity index is 3.34. The number of ether oxygens (including phenoxy) is 1. The largest absolute Gasteiger partial charge is 0.495 e. The van der Waals surface area contributed by atoms with E-state index in [4.69, 9.17) is 21.6 Å². The van der Waals surface area contributed by atoms with Crippen LogP contribution in [-0.2, 0) is 0 Å². The van der Waals surface area contributed by atoms with E-state index in [0.717, 1.165) is 5.56 Å². The zero-order valence-corrected chi connectivity index (χ0v) is 9.22. The quantitative estimate of drug-likeness (QED) is 0.749. The van der Waals surface area contributed by atoms with E-state index in [2.05, 4.69) is 19.9 Å². The number of halogens is 1. The molecular weight excluding hydrogens is 198 g/mol. The highest BCUT2D eigenvalue weighted by molar-refractivity contribution is 6.33. The number of benzene rings is 1. The van der Waals surface area contributed by atoms with Gasteiger partial charge in [-0.25, -0.2) is 0 Å². The maximum Gasteiger partial charge on any atom is 0.139 e. The first-order valence-electron chi connectivity index (χ1n) is 4.37. The van der Waals surface area contributed by atoms with Crippen LogP contribution in [0, 0.1) is 11.3 Å². The van der Waals surface area contributed by atoms with Crippen LogP contribution in [0.3, 0.4) is 0 Å². The highest BCUT2D eigenvalue weighted by Gasteiger charge is 2.10. The van der Waals surface area contributed by atoms with Crippen LogP contribution < -0.4 is 4.74 Å². The van der Waals surface area contributed by atoms with Crippen LogP contribution in [-0.4, -0.2) is 7.11 Å². The third kappa shape index (κ3) is 2.00. The Kier molecular flexibility index (Phi) is 3.38. The first kappa shape index (κ1) is 10.9. The molecule has 0 radical (unpaired) electrons. The van der Waals surface area contributed by atoms with Gasteiger partial charge in [0.2, 0.25) is 0 Å². The normalized spacial score (nSPS) is 10.0. The Morgan fingerprint density at radius 3 is 2.50 bits per heavy atom. The fourth-order valence-corrected chi connectivity index (χ4v) is 1.41. The zero-order chi connectivity index (χ0) is 10.7. The minimum atomic E-state index is 0.355. The van der Waals surface area contributed by atoms with Crippen LogP contribution in [0.5, 0.6) is 5.75 Å². The van der Waals surface area contributed by atoms with Gasteiger partial charge in [-0.15, -0.1) is 0 Å². The number of hydrogen-bond donors (Lipinski definition) is 0. The van der Waals surface area contributed by atoms with Gasteiger partial charge in [0.15, 0.2) is 0 Å². The monoisotopic (exact) mass is 209 g/mol. The lowest BCUT2D eigenvalue weighted by Crippen LogP contribution is -1.93. The van der Waals surface area contributed by atoms with E-state index in [1.807, 2.05) is 6.07 Å². The lowest BCUT2D eigenvalue weighted by Gasteiger charge is -2.10. The minimum Gasteiger partial charge on any atom is -0.495 e. The van der Waals surface area contributed by atoms with E-state index >= 15 is 0 Å². The molecule has 1 rings (SSSR count). The molecule has 0 saturated carbocycles. The molecule has 0 atom stereocenters. The van der Waals surface area contributed by atoms with Gasteiger partial charge in [-0.2, -0.15) is 5.26 Å². The van der Waals surface area contributed by atoms with Crippen molar-refractivity contribution in [1.82, 2.24) is 0 Å². The Labute approximate surface area is 89.1 Å². The first-order valence-corrected chi connectivity index (χ1v) is 4.75. The van der Waals surface area contributed by atoms with Crippen LogP contribution in [0.2, 0.25) is 5.02 Å². The van der Waals surface area contributed by atoms with Gasteiger partial charge in [-0.1, -0.05) is 25.4 Å².